The Morgan fingerprint density at radius 1 is 1.14 bits per heavy atom. The van der Waals surface area contributed by atoms with E-state index in [1.165, 1.54) is 48.3 Å². The van der Waals surface area contributed by atoms with Crippen LogP contribution in [0.25, 0.3) is 11.1 Å². The molecule has 4 unspecified atom stereocenters. The minimum atomic E-state index is -4.54. The largest absolute Gasteiger partial charge is 0.488 e. The van der Waals surface area contributed by atoms with E-state index in [-0.39, 0.29) is 42.0 Å². The Morgan fingerprint density at radius 3 is 2.54 bits per heavy atom. The number of halogens is 4. The molecule has 4 atom stereocenters. The zero-order valence-electron chi connectivity index (χ0n) is 19.0. The maximum Gasteiger partial charge on any atom is 0.320 e. The molecule has 2 bridgehead atoms. The molecule has 1 fully saturated rings. The van der Waals surface area contributed by atoms with Crippen LogP contribution in [0.15, 0.2) is 36.4 Å². The molecule has 0 aromatic heterocycles. The molecular weight excluding hydrogens is 490 g/mol. The quantitative estimate of drug-likeness (QED) is 0.637. The van der Waals surface area contributed by atoms with Gasteiger partial charge in [0.25, 0.3) is 0 Å². The highest BCUT2D eigenvalue weighted by Crippen LogP contribution is 2.36. The highest BCUT2D eigenvalue weighted by Gasteiger charge is 2.47. The van der Waals surface area contributed by atoms with Crippen molar-refractivity contribution in [3.8, 4) is 16.9 Å². The fourth-order valence-electron chi connectivity index (χ4n) is 4.40. The summed E-state index contributed by atoms with van der Waals surface area (Å²) < 4.78 is 91.0. The number of ether oxygens (including phenoxy) is 1. The van der Waals surface area contributed by atoms with Crippen molar-refractivity contribution in [1.29, 1.82) is 0 Å². The number of fused-ring (bicyclic) bond motifs is 5. The standard InChI is InChI=1S/C23H25F4N3O4S/c1-13(24)35(32,33)28-21-18(26)12-30-19(21)11-14-5-3-6-15(20(14)27)16-7-4-8-17(25)22(16)34-10-9-29(2)23(30)31/h3-8,13,18-19,21,28H,9-12H2,1-2H3. The van der Waals surface area contributed by atoms with Gasteiger partial charge in [-0.3, -0.25) is 0 Å². The lowest BCUT2D eigenvalue weighted by Gasteiger charge is -2.31. The van der Waals surface area contributed by atoms with E-state index in [4.69, 9.17) is 4.74 Å². The molecule has 2 heterocycles. The number of alkyl halides is 2. The Kier molecular flexibility index (Phi) is 6.96. The Labute approximate surface area is 200 Å². The summed E-state index contributed by atoms with van der Waals surface area (Å²) in [6.07, 6.45) is -2.12. The van der Waals surface area contributed by atoms with Crippen molar-refractivity contribution in [2.24, 2.45) is 0 Å². The van der Waals surface area contributed by atoms with E-state index in [1.54, 1.807) is 0 Å². The average molecular weight is 516 g/mol. The molecule has 35 heavy (non-hydrogen) atoms. The number of likely N-dealkylation sites (N-methyl/N-ethyl adjacent to an activating group) is 1. The van der Waals surface area contributed by atoms with Crippen LogP contribution >= 0.6 is 0 Å². The summed E-state index contributed by atoms with van der Waals surface area (Å²) in [6, 6.07) is 5.16. The topological polar surface area (TPSA) is 79.0 Å². The third-order valence-electron chi connectivity index (χ3n) is 6.31. The van der Waals surface area contributed by atoms with E-state index in [2.05, 4.69) is 0 Å². The summed E-state index contributed by atoms with van der Waals surface area (Å²) in [4.78, 5) is 15.5. The van der Waals surface area contributed by atoms with Gasteiger partial charge in [0.2, 0.25) is 15.5 Å². The van der Waals surface area contributed by atoms with Gasteiger partial charge in [-0.1, -0.05) is 30.3 Å². The monoisotopic (exact) mass is 515 g/mol. The number of urea groups is 1. The lowest BCUT2D eigenvalue weighted by Crippen LogP contribution is -2.53. The lowest BCUT2D eigenvalue weighted by atomic mass is 9.95. The zero-order valence-corrected chi connectivity index (χ0v) is 19.9. The fourth-order valence-corrected chi connectivity index (χ4v) is 5.27. The molecule has 0 radical (unpaired) electrons. The second-order valence-electron chi connectivity index (χ2n) is 8.62. The Bertz CT molecular complexity index is 1230. The third kappa shape index (κ3) is 4.81. The van der Waals surface area contributed by atoms with Crippen molar-refractivity contribution in [1.82, 2.24) is 14.5 Å². The van der Waals surface area contributed by atoms with Crippen LogP contribution in [0.5, 0.6) is 5.75 Å². The Hall–Kier alpha value is -2.86. The summed E-state index contributed by atoms with van der Waals surface area (Å²) in [5, 5.41) is 0. The van der Waals surface area contributed by atoms with Crippen molar-refractivity contribution in [3.05, 3.63) is 53.6 Å². The van der Waals surface area contributed by atoms with E-state index >= 15 is 8.78 Å². The highest BCUT2D eigenvalue weighted by molar-refractivity contribution is 7.89. The number of carbonyl (C=O) groups is 1. The Morgan fingerprint density at radius 2 is 1.83 bits per heavy atom. The van der Waals surface area contributed by atoms with Crippen molar-refractivity contribution in [3.63, 3.8) is 0 Å². The molecule has 190 valence electrons. The molecule has 0 saturated carbocycles. The molecule has 2 aromatic carbocycles. The van der Waals surface area contributed by atoms with E-state index in [0.29, 0.717) is 0 Å². The summed E-state index contributed by atoms with van der Waals surface area (Å²) >= 11 is 0. The number of benzene rings is 2. The van der Waals surface area contributed by atoms with Crippen LogP contribution in [0.2, 0.25) is 0 Å². The molecule has 2 aromatic rings. The first-order valence-electron chi connectivity index (χ1n) is 11.0. The number of rotatable bonds is 3. The maximum atomic E-state index is 15.7. The van der Waals surface area contributed by atoms with Crippen molar-refractivity contribution < 1.29 is 35.5 Å². The van der Waals surface area contributed by atoms with Crippen LogP contribution in [-0.2, 0) is 16.4 Å². The maximum absolute atomic E-state index is 15.7. The lowest BCUT2D eigenvalue weighted by molar-refractivity contribution is 0.145. The summed E-state index contributed by atoms with van der Waals surface area (Å²) in [5.41, 5.74) is -2.07. The molecule has 1 N–H and O–H groups in total. The molecule has 0 spiro atoms. The number of amides is 2. The van der Waals surface area contributed by atoms with Gasteiger partial charge in [0.1, 0.15) is 18.6 Å². The first-order chi connectivity index (χ1) is 16.5. The molecule has 12 heteroatoms. The summed E-state index contributed by atoms with van der Waals surface area (Å²) in [5.74, 6) is -1.62. The number of nitrogens with zero attached hydrogens (tertiary/aromatic N) is 2. The van der Waals surface area contributed by atoms with Crippen LogP contribution in [0, 0.1) is 11.6 Å². The molecule has 2 aliphatic rings. The molecule has 7 nitrogen and oxygen atoms in total. The number of nitrogens with one attached hydrogen (secondary N) is 1. The van der Waals surface area contributed by atoms with Gasteiger partial charge >= 0.3 is 6.03 Å². The van der Waals surface area contributed by atoms with Gasteiger partial charge in [-0.2, -0.15) is 0 Å². The van der Waals surface area contributed by atoms with Gasteiger partial charge in [-0.05, 0) is 25.0 Å². The number of hydrogen-bond acceptors (Lipinski definition) is 4. The summed E-state index contributed by atoms with van der Waals surface area (Å²) in [7, 11) is -3.11. The molecule has 2 aliphatic heterocycles. The number of sulfonamides is 1. The predicted octanol–water partition coefficient (Wildman–Crippen LogP) is 3.24. The van der Waals surface area contributed by atoms with E-state index in [1.807, 2.05) is 4.72 Å². The van der Waals surface area contributed by atoms with Gasteiger partial charge in [0.05, 0.1) is 25.2 Å². The predicted molar refractivity (Wildman–Crippen MR) is 121 cm³/mol. The van der Waals surface area contributed by atoms with Gasteiger partial charge in [0, 0.05) is 18.2 Å². The SMILES string of the molecule is CC(F)S(=O)(=O)NC1C(F)CN2C(=O)N(C)CCOc3c(F)cccc3-c3cccc(c3F)CC12. The second-order valence-corrected chi connectivity index (χ2v) is 10.6. The zero-order chi connectivity index (χ0) is 25.5. The van der Waals surface area contributed by atoms with Crippen LogP contribution < -0.4 is 9.46 Å². The third-order valence-corrected chi connectivity index (χ3v) is 7.77. The smallest absolute Gasteiger partial charge is 0.320 e. The van der Waals surface area contributed by atoms with Crippen molar-refractivity contribution in [2.75, 3.05) is 26.7 Å². The average Bonchev–Trinajstić information content (AvgIpc) is 3.09. The van der Waals surface area contributed by atoms with Gasteiger partial charge < -0.3 is 14.5 Å². The molecule has 0 aliphatic carbocycles. The van der Waals surface area contributed by atoms with Crippen LogP contribution in [-0.4, -0.2) is 74.8 Å². The van der Waals surface area contributed by atoms with Crippen LogP contribution in [0.1, 0.15) is 12.5 Å². The second kappa shape index (κ2) is 9.65. The minimum absolute atomic E-state index is 0.00917. The van der Waals surface area contributed by atoms with E-state index in [0.717, 1.165) is 11.8 Å². The molecule has 4 rings (SSSR count). The molecule has 2 amide bonds. The van der Waals surface area contributed by atoms with E-state index < -0.39 is 58.0 Å². The first-order valence-corrected chi connectivity index (χ1v) is 12.6. The number of carbonyl (C=O) groups excluding carboxylic acids is 1. The number of para-hydroxylation sites is 1. The van der Waals surface area contributed by atoms with Crippen LogP contribution in [0.3, 0.4) is 0 Å². The van der Waals surface area contributed by atoms with E-state index in [9.17, 15) is 22.0 Å². The first kappa shape index (κ1) is 25.2. The molecule has 1 saturated heterocycles. The minimum Gasteiger partial charge on any atom is -0.488 e. The Balaban J connectivity index is 1.83. The normalized spacial score (nSPS) is 23.9. The van der Waals surface area contributed by atoms with Crippen molar-refractivity contribution >= 4 is 16.1 Å². The fraction of sp³-hybridized carbons (Fsp3) is 0.435. The highest BCUT2D eigenvalue weighted by atomic mass is 32.2. The van der Waals surface area contributed by atoms with Gasteiger partial charge in [-0.15, -0.1) is 0 Å². The number of hydrogen-bond donors (Lipinski definition) is 1. The van der Waals surface area contributed by atoms with Crippen LogP contribution in [0.4, 0.5) is 22.4 Å². The molecular formula is C23H25F4N3O4S. The van der Waals surface area contributed by atoms with Gasteiger partial charge in [-0.25, -0.2) is 35.5 Å². The summed E-state index contributed by atoms with van der Waals surface area (Å²) in [6.45, 7) is 0.180. The van der Waals surface area contributed by atoms with Gasteiger partial charge in [0.15, 0.2) is 11.6 Å². The van der Waals surface area contributed by atoms with Crippen molar-refractivity contribution in [2.45, 2.75) is 37.1 Å².